The standard InChI is InChI=1S/C13H14O3S/c1-8(2)17-7-10-6-9-4-3-5-11(13(14)15)12(9)16-10/h3-6,8H,7H2,1-2H3,(H,14,15). The van der Waals surface area contributed by atoms with Crippen LogP contribution in [0.1, 0.15) is 30.0 Å². The number of aromatic carboxylic acids is 1. The van der Waals surface area contributed by atoms with Crippen LogP contribution in [-0.4, -0.2) is 16.3 Å². The van der Waals surface area contributed by atoms with Gasteiger partial charge in [-0.3, -0.25) is 0 Å². The first kappa shape index (κ1) is 12.0. The van der Waals surface area contributed by atoms with E-state index in [1.165, 1.54) is 0 Å². The highest BCUT2D eigenvalue weighted by Gasteiger charge is 2.13. The molecule has 0 bridgehead atoms. The van der Waals surface area contributed by atoms with Crippen molar-refractivity contribution in [2.45, 2.75) is 24.9 Å². The van der Waals surface area contributed by atoms with Crippen LogP contribution in [0, 0.1) is 0 Å². The Morgan fingerprint density at radius 3 is 2.88 bits per heavy atom. The van der Waals surface area contributed by atoms with E-state index in [9.17, 15) is 4.79 Å². The Bertz CT molecular complexity index is 543. The van der Waals surface area contributed by atoms with E-state index in [1.807, 2.05) is 12.1 Å². The van der Waals surface area contributed by atoms with Crippen molar-refractivity contribution < 1.29 is 14.3 Å². The van der Waals surface area contributed by atoms with Gasteiger partial charge in [0.1, 0.15) is 16.9 Å². The number of rotatable bonds is 4. The van der Waals surface area contributed by atoms with E-state index in [1.54, 1.807) is 23.9 Å². The van der Waals surface area contributed by atoms with Gasteiger partial charge in [0.2, 0.25) is 0 Å². The van der Waals surface area contributed by atoms with Gasteiger partial charge in [0.15, 0.2) is 0 Å². The fourth-order valence-corrected chi connectivity index (χ4v) is 2.24. The van der Waals surface area contributed by atoms with E-state index in [2.05, 4.69) is 13.8 Å². The van der Waals surface area contributed by atoms with Crippen molar-refractivity contribution in [1.82, 2.24) is 0 Å². The number of hydrogen-bond acceptors (Lipinski definition) is 3. The second-order valence-corrected chi connectivity index (χ2v) is 5.67. The lowest BCUT2D eigenvalue weighted by Gasteiger charge is -2.00. The average molecular weight is 250 g/mol. The number of carboxylic acids is 1. The molecule has 1 aromatic carbocycles. The summed E-state index contributed by atoms with van der Waals surface area (Å²) in [6.07, 6.45) is 0. The molecule has 0 saturated heterocycles. The summed E-state index contributed by atoms with van der Waals surface area (Å²) in [5, 5.41) is 10.4. The third-order valence-electron chi connectivity index (χ3n) is 2.38. The van der Waals surface area contributed by atoms with E-state index in [-0.39, 0.29) is 5.56 Å². The van der Waals surface area contributed by atoms with Gasteiger partial charge in [0.25, 0.3) is 0 Å². The number of thioether (sulfide) groups is 1. The van der Waals surface area contributed by atoms with Crippen molar-refractivity contribution >= 4 is 28.7 Å². The highest BCUT2D eigenvalue weighted by molar-refractivity contribution is 7.99. The molecule has 2 rings (SSSR count). The summed E-state index contributed by atoms with van der Waals surface area (Å²) in [5.74, 6) is 0.645. The van der Waals surface area contributed by atoms with E-state index in [0.29, 0.717) is 10.8 Å². The molecule has 0 unspecified atom stereocenters. The SMILES string of the molecule is CC(C)SCc1cc2cccc(C(=O)O)c2o1. The number of furan rings is 1. The highest BCUT2D eigenvalue weighted by Crippen LogP contribution is 2.26. The monoisotopic (exact) mass is 250 g/mol. The zero-order valence-electron chi connectivity index (χ0n) is 9.77. The Morgan fingerprint density at radius 2 is 2.24 bits per heavy atom. The molecule has 0 atom stereocenters. The molecule has 0 radical (unpaired) electrons. The molecule has 0 aliphatic heterocycles. The molecule has 2 aromatic rings. The molecule has 0 aliphatic rings. The molecule has 1 aromatic heterocycles. The van der Waals surface area contributed by atoms with Crippen molar-refractivity contribution in [2.75, 3.05) is 0 Å². The molecule has 0 aliphatic carbocycles. The molecule has 3 nitrogen and oxygen atoms in total. The lowest BCUT2D eigenvalue weighted by atomic mass is 10.1. The van der Waals surface area contributed by atoms with Gasteiger partial charge in [-0.05, 0) is 17.4 Å². The van der Waals surface area contributed by atoms with Crippen molar-refractivity contribution in [3.63, 3.8) is 0 Å². The van der Waals surface area contributed by atoms with Gasteiger partial charge in [-0.2, -0.15) is 11.8 Å². The Kier molecular flexibility index (Phi) is 3.43. The maximum Gasteiger partial charge on any atom is 0.339 e. The van der Waals surface area contributed by atoms with Crippen molar-refractivity contribution in [3.05, 3.63) is 35.6 Å². The second-order valence-electron chi connectivity index (χ2n) is 4.10. The van der Waals surface area contributed by atoms with Crippen LogP contribution >= 0.6 is 11.8 Å². The first-order valence-electron chi connectivity index (χ1n) is 5.44. The molecule has 1 N–H and O–H groups in total. The molecule has 0 fully saturated rings. The van der Waals surface area contributed by atoms with E-state index >= 15 is 0 Å². The summed E-state index contributed by atoms with van der Waals surface area (Å²) < 4.78 is 5.61. The van der Waals surface area contributed by atoms with E-state index in [4.69, 9.17) is 9.52 Å². The molecular formula is C13H14O3S. The van der Waals surface area contributed by atoms with E-state index in [0.717, 1.165) is 16.9 Å². The quantitative estimate of drug-likeness (QED) is 0.897. The maximum atomic E-state index is 11.0. The Morgan fingerprint density at radius 1 is 1.47 bits per heavy atom. The summed E-state index contributed by atoms with van der Waals surface area (Å²) in [7, 11) is 0. The summed E-state index contributed by atoms with van der Waals surface area (Å²) in [6, 6.07) is 7.08. The minimum Gasteiger partial charge on any atom is -0.478 e. The summed E-state index contributed by atoms with van der Waals surface area (Å²) in [5.41, 5.74) is 0.697. The molecule has 0 saturated carbocycles. The fraction of sp³-hybridized carbons (Fsp3) is 0.308. The molecule has 4 heteroatoms. The summed E-state index contributed by atoms with van der Waals surface area (Å²) in [4.78, 5) is 11.0. The minimum absolute atomic E-state index is 0.225. The Labute approximate surface area is 104 Å². The smallest absolute Gasteiger partial charge is 0.339 e. The van der Waals surface area contributed by atoms with Crippen LogP contribution in [0.15, 0.2) is 28.7 Å². The Balaban J connectivity index is 2.36. The van der Waals surface area contributed by atoms with Crippen LogP contribution in [0.25, 0.3) is 11.0 Å². The van der Waals surface area contributed by atoms with Gasteiger partial charge < -0.3 is 9.52 Å². The van der Waals surface area contributed by atoms with Gasteiger partial charge >= 0.3 is 5.97 Å². The average Bonchev–Trinajstić information content (AvgIpc) is 2.68. The van der Waals surface area contributed by atoms with Crippen LogP contribution < -0.4 is 0 Å². The van der Waals surface area contributed by atoms with Gasteiger partial charge in [0.05, 0.1) is 5.75 Å². The number of carbonyl (C=O) groups is 1. The van der Waals surface area contributed by atoms with Gasteiger partial charge in [0, 0.05) is 5.39 Å². The van der Waals surface area contributed by atoms with Gasteiger partial charge in [-0.1, -0.05) is 26.0 Å². The van der Waals surface area contributed by atoms with Crippen LogP contribution in [0.5, 0.6) is 0 Å². The van der Waals surface area contributed by atoms with Crippen LogP contribution in [0.4, 0.5) is 0 Å². The zero-order valence-corrected chi connectivity index (χ0v) is 10.6. The maximum absolute atomic E-state index is 11.0. The van der Waals surface area contributed by atoms with Gasteiger partial charge in [-0.15, -0.1) is 0 Å². The number of hydrogen-bond donors (Lipinski definition) is 1. The summed E-state index contributed by atoms with van der Waals surface area (Å²) >= 11 is 1.77. The highest BCUT2D eigenvalue weighted by atomic mass is 32.2. The minimum atomic E-state index is -0.951. The molecule has 0 amide bonds. The fourth-order valence-electron chi connectivity index (χ4n) is 1.60. The normalized spacial score (nSPS) is 11.2. The number of benzene rings is 1. The third-order valence-corrected chi connectivity index (χ3v) is 3.50. The second kappa shape index (κ2) is 4.84. The lowest BCUT2D eigenvalue weighted by molar-refractivity contribution is 0.0698. The topological polar surface area (TPSA) is 50.4 Å². The van der Waals surface area contributed by atoms with Crippen LogP contribution in [0.3, 0.4) is 0 Å². The number of fused-ring (bicyclic) bond motifs is 1. The zero-order chi connectivity index (χ0) is 12.4. The third kappa shape index (κ3) is 2.64. The molecule has 1 heterocycles. The van der Waals surface area contributed by atoms with Crippen molar-refractivity contribution in [1.29, 1.82) is 0 Å². The molecule has 17 heavy (non-hydrogen) atoms. The molecular weight excluding hydrogens is 236 g/mol. The number of para-hydroxylation sites is 1. The molecule has 0 spiro atoms. The predicted molar refractivity (Wildman–Crippen MR) is 69.6 cm³/mol. The first-order valence-corrected chi connectivity index (χ1v) is 6.49. The first-order chi connectivity index (χ1) is 8.08. The van der Waals surface area contributed by atoms with E-state index < -0.39 is 5.97 Å². The van der Waals surface area contributed by atoms with Crippen molar-refractivity contribution in [3.8, 4) is 0 Å². The Hall–Kier alpha value is -1.42. The lowest BCUT2D eigenvalue weighted by Crippen LogP contribution is -1.95. The van der Waals surface area contributed by atoms with Crippen molar-refractivity contribution in [2.24, 2.45) is 0 Å². The van der Waals surface area contributed by atoms with Crippen LogP contribution in [-0.2, 0) is 5.75 Å². The largest absolute Gasteiger partial charge is 0.478 e. The van der Waals surface area contributed by atoms with Crippen LogP contribution in [0.2, 0.25) is 0 Å². The predicted octanol–water partition coefficient (Wildman–Crippen LogP) is 3.77. The van der Waals surface area contributed by atoms with Gasteiger partial charge in [-0.25, -0.2) is 4.79 Å². The number of carboxylic acid groups (broad SMARTS) is 1. The molecule has 90 valence electrons. The summed E-state index contributed by atoms with van der Waals surface area (Å²) in [6.45, 7) is 4.24.